The summed E-state index contributed by atoms with van der Waals surface area (Å²) in [5.74, 6) is 1.43. The van der Waals surface area contributed by atoms with Crippen LogP contribution in [0.1, 0.15) is 5.56 Å². The predicted molar refractivity (Wildman–Crippen MR) is 68.0 cm³/mol. The lowest BCUT2D eigenvalue weighted by atomic mass is 10.0. The Bertz CT molecular complexity index is 400. The lowest BCUT2D eigenvalue weighted by Crippen LogP contribution is -1.83. The fraction of sp³-hybridized carbons (Fsp3) is 0.143. The molecule has 0 amide bonds. The van der Waals surface area contributed by atoms with Crippen LogP contribution in [0, 0.1) is 0 Å². The molecule has 0 N–H and O–H groups in total. The minimum absolute atomic E-state index is 0.558. The molecule has 0 unspecified atom stereocenters. The third kappa shape index (κ3) is 2.37. The largest absolute Gasteiger partial charge is 0.497 e. The van der Waals surface area contributed by atoms with E-state index >= 15 is 0 Å². The Morgan fingerprint density at radius 3 is 1.81 bits per heavy atom. The molecule has 0 heterocycles. The van der Waals surface area contributed by atoms with Gasteiger partial charge in [-0.15, -0.1) is 11.6 Å². The summed E-state index contributed by atoms with van der Waals surface area (Å²) in [6.45, 7) is 0. The van der Waals surface area contributed by atoms with E-state index in [9.17, 15) is 0 Å². The summed E-state index contributed by atoms with van der Waals surface area (Å²) >= 11 is 5.75. The molecule has 2 heteroatoms. The Balaban J connectivity index is 2.28. The first-order chi connectivity index (χ1) is 7.83. The van der Waals surface area contributed by atoms with Crippen LogP contribution in [0.5, 0.6) is 5.75 Å². The molecule has 0 spiro atoms. The molecule has 0 bridgehead atoms. The van der Waals surface area contributed by atoms with E-state index < -0.39 is 0 Å². The molecular weight excluding hydrogens is 220 g/mol. The van der Waals surface area contributed by atoms with Crippen molar-refractivity contribution in [3.05, 3.63) is 54.1 Å². The summed E-state index contributed by atoms with van der Waals surface area (Å²) in [6.07, 6.45) is 0. The highest BCUT2D eigenvalue weighted by Crippen LogP contribution is 2.22. The van der Waals surface area contributed by atoms with Gasteiger partial charge in [0.05, 0.1) is 7.11 Å². The quantitative estimate of drug-likeness (QED) is 0.724. The van der Waals surface area contributed by atoms with Crippen molar-refractivity contribution in [2.24, 2.45) is 0 Å². The number of benzene rings is 2. The van der Waals surface area contributed by atoms with Gasteiger partial charge in [0.1, 0.15) is 5.75 Å². The SMILES string of the molecule is COc1ccc(-c2ccc(CCl)cc2)cc1. The van der Waals surface area contributed by atoms with Crippen LogP contribution in [-0.2, 0) is 5.88 Å². The first kappa shape index (κ1) is 11.0. The molecule has 2 aromatic rings. The molecule has 0 radical (unpaired) electrons. The molecule has 0 aromatic heterocycles. The van der Waals surface area contributed by atoms with Gasteiger partial charge in [-0.2, -0.15) is 0 Å². The zero-order chi connectivity index (χ0) is 11.4. The Hall–Kier alpha value is -1.47. The van der Waals surface area contributed by atoms with Gasteiger partial charge in [0.2, 0.25) is 0 Å². The minimum Gasteiger partial charge on any atom is -0.497 e. The maximum atomic E-state index is 5.75. The van der Waals surface area contributed by atoms with Gasteiger partial charge in [-0.3, -0.25) is 0 Å². The number of alkyl halides is 1. The average molecular weight is 233 g/mol. The Labute approximate surface area is 101 Å². The fourth-order valence-corrected chi connectivity index (χ4v) is 1.75. The summed E-state index contributed by atoms with van der Waals surface area (Å²) in [7, 11) is 1.67. The number of rotatable bonds is 3. The molecule has 0 aliphatic carbocycles. The standard InChI is InChI=1S/C14H13ClO/c1-16-14-8-6-13(7-9-14)12-4-2-11(10-15)3-5-12/h2-9H,10H2,1H3. The van der Waals surface area contributed by atoms with Crippen molar-refractivity contribution in [3.63, 3.8) is 0 Å². The topological polar surface area (TPSA) is 9.23 Å². The van der Waals surface area contributed by atoms with E-state index in [0.29, 0.717) is 5.88 Å². The van der Waals surface area contributed by atoms with Crippen molar-refractivity contribution in [1.82, 2.24) is 0 Å². The molecule has 0 saturated carbocycles. The van der Waals surface area contributed by atoms with Gasteiger partial charge in [0, 0.05) is 5.88 Å². The third-order valence-electron chi connectivity index (χ3n) is 2.53. The highest BCUT2D eigenvalue weighted by Gasteiger charge is 1.98. The molecule has 0 saturated heterocycles. The molecular formula is C14H13ClO. The van der Waals surface area contributed by atoms with Gasteiger partial charge in [0.15, 0.2) is 0 Å². The first-order valence-electron chi connectivity index (χ1n) is 5.13. The van der Waals surface area contributed by atoms with E-state index in [4.69, 9.17) is 16.3 Å². The number of ether oxygens (including phenoxy) is 1. The van der Waals surface area contributed by atoms with E-state index in [1.165, 1.54) is 11.1 Å². The first-order valence-corrected chi connectivity index (χ1v) is 5.66. The molecule has 82 valence electrons. The highest BCUT2D eigenvalue weighted by atomic mass is 35.5. The predicted octanol–water partition coefficient (Wildman–Crippen LogP) is 4.10. The Morgan fingerprint density at radius 1 is 0.875 bits per heavy atom. The third-order valence-corrected chi connectivity index (χ3v) is 2.84. The van der Waals surface area contributed by atoms with Gasteiger partial charge in [-0.25, -0.2) is 0 Å². The van der Waals surface area contributed by atoms with Crippen molar-refractivity contribution in [2.45, 2.75) is 5.88 Å². The molecule has 16 heavy (non-hydrogen) atoms. The average Bonchev–Trinajstić information content (AvgIpc) is 2.39. The van der Waals surface area contributed by atoms with Crippen molar-refractivity contribution >= 4 is 11.6 Å². The Morgan fingerprint density at radius 2 is 1.38 bits per heavy atom. The molecule has 0 atom stereocenters. The van der Waals surface area contributed by atoms with Gasteiger partial charge >= 0.3 is 0 Å². The molecule has 0 aliphatic rings. The molecule has 1 nitrogen and oxygen atoms in total. The van der Waals surface area contributed by atoms with Crippen LogP contribution in [0.4, 0.5) is 0 Å². The van der Waals surface area contributed by atoms with E-state index in [2.05, 4.69) is 24.3 Å². The summed E-state index contributed by atoms with van der Waals surface area (Å²) in [5.41, 5.74) is 3.51. The van der Waals surface area contributed by atoms with Crippen molar-refractivity contribution in [3.8, 4) is 16.9 Å². The summed E-state index contributed by atoms with van der Waals surface area (Å²) in [4.78, 5) is 0. The monoisotopic (exact) mass is 232 g/mol. The molecule has 0 aliphatic heterocycles. The van der Waals surface area contributed by atoms with Crippen LogP contribution >= 0.6 is 11.6 Å². The summed E-state index contributed by atoms with van der Waals surface area (Å²) in [6, 6.07) is 16.3. The number of methoxy groups -OCH3 is 1. The van der Waals surface area contributed by atoms with Crippen LogP contribution in [-0.4, -0.2) is 7.11 Å². The zero-order valence-electron chi connectivity index (χ0n) is 9.11. The smallest absolute Gasteiger partial charge is 0.118 e. The summed E-state index contributed by atoms with van der Waals surface area (Å²) in [5, 5.41) is 0. The van der Waals surface area contributed by atoms with Gasteiger partial charge in [-0.1, -0.05) is 36.4 Å². The normalized spacial score (nSPS) is 10.1. The molecule has 2 aromatic carbocycles. The Kier molecular flexibility index (Phi) is 3.47. The maximum Gasteiger partial charge on any atom is 0.118 e. The van der Waals surface area contributed by atoms with Crippen LogP contribution < -0.4 is 4.74 Å². The maximum absolute atomic E-state index is 5.75. The van der Waals surface area contributed by atoms with Gasteiger partial charge in [-0.05, 0) is 28.8 Å². The van der Waals surface area contributed by atoms with Crippen LogP contribution in [0.15, 0.2) is 48.5 Å². The van der Waals surface area contributed by atoms with Crippen molar-refractivity contribution in [1.29, 1.82) is 0 Å². The van der Waals surface area contributed by atoms with Crippen LogP contribution in [0.3, 0.4) is 0 Å². The van der Waals surface area contributed by atoms with E-state index in [1.807, 2.05) is 24.3 Å². The minimum atomic E-state index is 0.558. The second-order valence-electron chi connectivity index (χ2n) is 3.56. The number of hydrogen-bond acceptors (Lipinski definition) is 1. The van der Waals surface area contributed by atoms with Crippen molar-refractivity contribution < 1.29 is 4.74 Å². The zero-order valence-corrected chi connectivity index (χ0v) is 9.87. The fourth-order valence-electron chi connectivity index (χ4n) is 1.57. The molecule has 2 rings (SSSR count). The number of halogens is 1. The van der Waals surface area contributed by atoms with Gasteiger partial charge in [0.25, 0.3) is 0 Å². The van der Waals surface area contributed by atoms with Crippen LogP contribution in [0.25, 0.3) is 11.1 Å². The lowest BCUT2D eigenvalue weighted by Gasteiger charge is -2.04. The lowest BCUT2D eigenvalue weighted by molar-refractivity contribution is 0.415. The highest BCUT2D eigenvalue weighted by molar-refractivity contribution is 6.17. The van der Waals surface area contributed by atoms with E-state index in [-0.39, 0.29) is 0 Å². The second kappa shape index (κ2) is 5.04. The second-order valence-corrected chi connectivity index (χ2v) is 3.83. The van der Waals surface area contributed by atoms with E-state index in [0.717, 1.165) is 11.3 Å². The number of hydrogen-bond donors (Lipinski definition) is 0. The van der Waals surface area contributed by atoms with Crippen molar-refractivity contribution in [2.75, 3.05) is 7.11 Å². The summed E-state index contributed by atoms with van der Waals surface area (Å²) < 4.78 is 5.12. The van der Waals surface area contributed by atoms with Gasteiger partial charge < -0.3 is 4.74 Å². The van der Waals surface area contributed by atoms with E-state index in [1.54, 1.807) is 7.11 Å². The van der Waals surface area contributed by atoms with Crippen LogP contribution in [0.2, 0.25) is 0 Å². The molecule has 0 fully saturated rings.